The predicted molar refractivity (Wildman–Crippen MR) is 116 cm³/mol. The van der Waals surface area contributed by atoms with Crippen LogP contribution < -0.4 is 10.6 Å². The van der Waals surface area contributed by atoms with Crippen molar-refractivity contribution in [3.05, 3.63) is 35.8 Å². The molecule has 3 heterocycles. The van der Waals surface area contributed by atoms with Crippen LogP contribution in [-0.2, 0) is 6.54 Å². The highest BCUT2D eigenvalue weighted by molar-refractivity contribution is 5.93. The molecule has 5 aliphatic rings. The average molecular weight is 408 g/mol. The second-order valence-electron chi connectivity index (χ2n) is 10.5. The Bertz CT molecular complexity index is 909. The summed E-state index contributed by atoms with van der Waals surface area (Å²) in [5, 5.41) is 6.72. The molecule has 160 valence electrons. The number of imidazole rings is 1. The molecule has 0 atom stereocenters. The van der Waals surface area contributed by atoms with Crippen molar-refractivity contribution in [2.45, 2.75) is 45.1 Å². The molecule has 0 unspecified atom stereocenters. The number of carbonyl (C=O) groups is 1. The number of hydrogen-bond acceptors (Lipinski definition) is 4. The van der Waals surface area contributed by atoms with Gasteiger partial charge in [0.25, 0.3) is 5.91 Å². The highest BCUT2D eigenvalue weighted by Gasteiger charge is 2.50. The van der Waals surface area contributed by atoms with E-state index in [1.807, 2.05) is 22.6 Å². The van der Waals surface area contributed by atoms with Gasteiger partial charge in [0.05, 0.1) is 5.69 Å². The van der Waals surface area contributed by atoms with Gasteiger partial charge in [-0.15, -0.1) is 0 Å². The molecule has 0 radical (unpaired) electrons. The first-order chi connectivity index (χ1) is 14.7. The van der Waals surface area contributed by atoms with Gasteiger partial charge in [0, 0.05) is 45.5 Å². The molecule has 4 saturated carbocycles. The van der Waals surface area contributed by atoms with Crippen molar-refractivity contribution in [2.75, 3.05) is 32.7 Å². The molecule has 0 aromatic carbocycles. The van der Waals surface area contributed by atoms with Crippen LogP contribution in [0, 0.1) is 23.2 Å². The molecule has 1 aliphatic heterocycles. The normalized spacial score (nSPS) is 33.3. The van der Waals surface area contributed by atoms with Gasteiger partial charge in [-0.05, 0) is 73.8 Å². The largest absolute Gasteiger partial charge is 0.350 e. The first-order valence-electron chi connectivity index (χ1n) is 11.8. The number of rotatable bonds is 5. The Hall–Kier alpha value is -1.92. The Labute approximate surface area is 178 Å². The maximum absolute atomic E-state index is 13.2. The lowest BCUT2D eigenvalue weighted by Gasteiger charge is -2.56. The minimum absolute atomic E-state index is 0.0440. The van der Waals surface area contributed by atoms with E-state index in [4.69, 9.17) is 4.98 Å². The van der Waals surface area contributed by atoms with Crippen LogP contribution in [0.5, 0.6) is 0 Å². The quantitative estimate of drug-likeness (QED) is 0.800. The molecule has 2 aromatic rings. The van der Waals surface area contributed by atoms with Crippen LogP contribution in [0.2, 0.25) is 0 Å². The van der Waals surface area contributed by atoms with Crippen LogP contribution in [-0.4, -0.2) is 52.9 Å². The van der Waals surface area contributed by atoms with Crippen molar-refractivity contribution < 1.29 is 4.79 Å². The monoisotopic (exact) mass is 407 g/mol. The Morgan fingerprint density at radius 1 is 1.10 bits per heavy atom. The van der Waals surface area contributed by atoms with Gasteiger partial charge in [0.15, 0.2) is 0 Å². The summed E-state index contributed by atoms with van der Waals surface area (Å²) in [6.45, 7) is 5.85. The maximum Gasteiger partial charge on any atom is 0.268 e. The third-order valence-corrected chi connectivity index (χ3v) is 8.16. The van der Waals surface area contributed by atoms with E-state index in [0.29, 0.717) is 11.1 Å². The minimum Gasteiger partial charge on any atom is -0.350 e. The van der Waals surface area contributed by atoms with Crippen LogP contribution in [0.3, 0.4) is 0 Å². The lowest BCUT2D eigenvalue weighted by atomic mass is 9.49. The standard InChI is InChI=1S/C24H33N5O/c30-23(26-16-24-11-17-8-18(12-24)10-19(9-17)13-24)21-2-1-3-22-27-20(15-29(21)22)14-28-6-4-25-5-7-28/h1-3,15,17-19,25H,4-14,16H2,(H,26,30). The summed E-state index contributed by atoms with van der Waals surface area (Å²) in [5.74, 6) is 2.79. The SMILES string of the molecule is O=C(NCC12CC3CC(CC(C3)C1)C2)c1cccc2nc(CN3CCNCC3)cn12. The van der Waals surface area contributed by atoms with E-state index >= 15 is 0 Å². The molecule has 4 aliphatic carbocycles. The molecule has 1 saturated heterocycles. The van der Waals surface area contributed by atoms with Crippen molar-refractivity contribution in [3.63, 3.8) is 0 Å². The number of aromatic nitrogens is 2. The van der Waals surface area contributed by atoms with Crippen LogP contribution in [0.15, 0.2) is 24.4 Å². The van der Waals surface area contributed by atoms with Gasteiger partial charge in [-0.1, -0.05) is 6.07 Å². The summed E-state index contributed by atoms with van der Waals surface area (Å²) >= 11 is 0. The van der Waals surface area contributed by atoms with E-state index in [0.717, 1.165) is 68.4 Å². The topological polar surface area (TPSA) is 61.7 Å². The molecule has 6 nitrogen and oxygen atoms in total. The molecule has 2 aromatic heterocycles. The summed E-state index contributed by atoms with van der Waals surface area (Å²) in [6.07, 6.45) is 10.3. The molecule has 1 amide bonds. The number of hydrogen-bond donors (Lipinski definition) is 2. The van der Waals surface area contributed by atoms with Gasteiger partial charge < -0.3 is 10.6 Å². The summed E-state index contributed by atoms with van der Waals surface area (Å²) < 4.78 is 1.98. The molecule has 7 rings (SSSR count). The Balaban J connectivity index is 1.17. The van der Waals surface area contributed by atoms with Crippen LogP contribution in [0.1, 0.15) is 54.7 Å². The molecule has 4 bridgehead atoms. The lowest BCUT2D eigenvalue weighted by molar-refractivity contribution is -0.0503. The Morgan fingerprint density at radius 2 is 1.80 bits per heavy atom. The zero-order valence-electron chi connectivity index (χ0n) is 17.8. The number of piperazine rings is 1. The van der Waals surface area contributed by atoms with E-state index < -0.39 is 0 Å². The molecule has 0 spiro atoms. The fourth-order valence-electron chi connectivity index (χ4n) is 7.29. The van der Waals surface area contributed by atoms with Crippen LogP contribution in [0.4, 0.5) is 0 Å². The lowest BCUT2D eigenvalue weighted by Crippen LogP contribution is -2.51. The highest BCUT2D eigenvalue weighted by atomic mass is 16.1. The number of amides is 1. The van der Waals surface area contributed by atoms with Gasteiger partial charge >= 0.3 is 0 Å². The second kappa shape index (κ2) is 7.34. The van der Waals surface area contributed by atoms with E-state index in [2.05, 4.69) is 21.7 Å². The fourth-order valence-corrected chi connectivity index (χ4v) is 7.29. The molecule has 2 N–H and O–H groups in total. The third kappa shape index (κ3) is 3.44. The van der Waals surface area contributed by atoms with E-state index in [9.17, 15) is 4.79 Å². The summed E-state index contributed by atoms with van der Waals surface area (Å²) in [7, 11) is 0. The molecular formula is C24H33N5O. The van der Waals surface area contributed by atoms with Crippen molar-refractivity contribution >= 4 is 11.6 Å². The third-order valence-electron chi connectivity index (χ3n) is 8.16. The van der Waals surface area contributed by atoms with Gasteiger partial charge in [0.1, 0.15) is 11.3 Å². The average Bonchev–Trinajstić information content (AvgIpc) is 3.14. The number of nitrogens with zero attached hydrogens (tertiary/aromatic N) is 3. The number of carbonyl (C=O) groups excluding carboxylic acids is 1. The Morgan fingerprint density at radius 3 is 2.50 bits per heavy atom. The first-order valence-corrected chi connectivity index (χ1v) is 11.8. The maximum atomic E-state index is 13.2. The number of pyridine rings is 1. The van der Waals surface area contributed by atoms with Gasteiger partial charge in [-0.25, -0.2) is 4.98 Å². The van der Waals surface area contributed by atoms with E-state index in [-0.39, 0.29) is 5.91 Å². The van der Waals surface area contributed by atoms with Crippen molar-refractivity contribution in [1.29, 1.82) is 0 Å². The zero-order valence-corrected chi connectivity index (χ0v) is 17.8. The Kier molecular flexibility index (Phi) is 4.61. The molecule has 5 fully saturated rings. The van der Waals surface area contributed by atoms with Gasteiger partial charge in [-0.3, -0.25) is 14.1 Å². The van der Waals surface area contributed by atoms with Crippen LogP contribution >= 0.6 is 0 Å². The predicted octanol–water partition coefficient (Wildman–Crippen LogP) is 2.69. The van der Waals surface area contributed by atoms with E-state index in [1.165, 1.54) is 38.5 Å². The number of nitrogens with one attached hydrogen (secondary N) is 2. The summed E-state index contributed by atoms with van der Waals surface area (Å²) in [6, 6.07) is 5.88. The molecule has 6 heteroatoms. The first kappa shape index (κ1) is 18.8. The number of fused-ring (bicyclic) bond motifs is 1. The zero-order chi connectivity index (χ0) is 20.1. The van der Waals surface area contributed by atoms with Crippen molar-refractivity contribution in [1.82, 2.24) is 24.9 Å². The molecular weight excluding hydrogens is 374 g/mol. The highest BCUT2D eigenvalue weighted by Crippen LogP contribution is 2.59. The van der Waals surface area contributed by atoms with E-state index in [1.54, 1.807) is 0 Å². The van der Waals surface area contributed by atoms with Gasteiger partial charge in [-0.2, -0.15) is 0 Å². The summed E-state index contributed by atoms with van der Waals surface area (Å²) in [5.41, 5.74) is 2.97. The van der Waals surface area contributed by atoms with Gasteiger partial charge in [0.2, 0.25) is 0 Å². The fraction of sp³-hybridized carbons (Fsp3) is 0.667. The smallest absolute Gasteiger partial charge is 0.268 e. The minimum atomic E-state index is 0.0440. The molecule has 30 heavy (non-hydrogen) atoms. The van der Waals surface area contributed by atoms with Crippen LogP contribution in [0.25, 0.3) is 5.65 Å². The summed E-state index contributed by atoms with van der Waals surface area (Å²) in [4.78, 5) is 20.4. The van der Waals surface area contributed by atoms with Crippen molar-refractivity contribution in [2.24, 2.45) is 23.2 Å². The second-order valence-corrected chi connectivity index (χ2v) is 10.5. The van der Waals surface area contributed by atoms with Crippen molar-refractivity contribution in [3.8, 4) is 0 Å².